The van der Waals surface area contributed by atoms with Crippen LogP contribution in [0.3, 0.4) is 0 Å². The van der Waals surface area contributed by atoms with E-state index >= 15 is 0 Å². The van der Waals surface area contributed by atoms with Gasteiger partial charge >= 0.3 is 0 Å². The molecular formula is C23H32O2. The Morgan fingerprint density at radius 3 is 2.76 bits per heavy atom. The summed E-state index contributed by atoms with van der Waals surface area (Å²) < 4.78 is 5.28. The molecule has 3 rings (SSSR count). The van der Waals surface area contributed by atoms with E-state index in [1.165, 1.54) is 31.3 Å². The number of ether oxygens (including phenoxy) is 1. The summed E-state index contributed by atoms with van der Waals surface area (Å²) in [5, 5.41) is 0. The number of ketones is 1. The predicted molar refractivity (Wildman–Crippen MR) is 103 cm³/mol. The summed E-state index contributed by atoms with van der Waals surface area (Å²) in [4.78, 5) is 13.0. The van der Waals surface area contributed by atoms with Crippen molar-refractivity contribution in [3.63, 3.8) is 0 Å². The van der Waals surface area contributed by atoms with Crippen LogP contribution in [-0.4, -0.2) is 12.9 Å². The van der Waals surface area contributed by atoms with Crippen molar-refractivity contribution >= 4 is 5.78 Å². The zero-order valence-electron chi connectivity index (χ0n) is 16.2. The number of fused-ring (bicyclic) bond motifs is 1. The molecule has 2 aliphatic carbocycles. The summed E-state index contributed by atoms with van der Waals surface area (Å²) in [5.74, 6) is 1.94. The van der Waals surface area contributed by atoms with Crippen LogP contribution in [0.2, 0.25) is 0 Å². The van der Waals surface area contributed by atoms with E-state index in [4.69, 9.17) is 4.74 Å². The van der Waals surface area contributed by atoms with Crippen molar-refractivity contribution < 1.29 is 9.53 Å². The van der Waals surface area contributed by atoms with Gasteiger partial charge in [-0.3, -0.25) is 4.79 Å². The number of allylic oxidation sites excluding steroid dienone is 1. The van der Waals surface area contributed by atoms with Gasteiger partial charge in [-0.1, -0.05) is 51.5 Å². The average molecular weight is 341 g/mol. The molecule has 0 saturated heterocycles. The van der Waals surface area contributed by atoms with Crippen LogP contribution < -0.4 is 4.74 Å². The topological polar surface area (TPSA) is 26.3 Å². The number of carbonyl (C=O) groups is 1. The van der Waals surface area contributed by atoms with Gasteiger partial charge in [0.2, 0.25) is 0 Å². The Morgan fingerprint density at radius 2 is 2.04 bits per heavy atom. The van der Waals surface area contributed by atoms with E-state index in [9.17, 15) is 4.79 Å². The highest BCUT2D eigenvalue weighted by Gasteiger charge is 2.53. The molecule has 1 aromatic carbocycles. The Kier molecular flexibility index (Phi) is 4.83. The lowest BCUT2D eigenvalue weighted by atomic mass is 9.47. The molecule has 1 aromatic rings. The van der Waals surface area contributed by atoms with E-state index < -0.39 is 0 Å². The van der Waals surface area contributed by atoms with Crippen LogP contribution in [0, 0.1) is 22.7 Å². The third-order valence-electron chi connectivity index (χ3n) is 7.10. The highest BCUT2D eigenvalue weighted by atomic mass is 16.5. The van der Waals surface area contributed by atoms with Gasteiger partial charge in [-0.25, -0.2) is 0 Å². The fraction of sp³-hybridized carbons (Fsp3) is 0.609. The quantitative estimate of drug-likeness (QED) is 0.491. The number of carbonyl (C=O) groups excluding carboxylic acids is 1. The molecule has 0 heterocycles. The molecule has 0 radical (unpaired) electrons. The minimum atomic E-state index is 0.200. The Balaban J connectivity index is 1.86. The fourth-order valence-corrected chi connectivity index (χ4v) is 5.75. The van der Waals surface area contributed by atoms with Crippen molar-refractivity contribution in [2.45, 2.75) is 59.3 Å². The first-order chi connectivity index (χ1) is 11.8. The standard InChI is InChI=1S/C23H32O2/c1-16-10-11-21-22(2,3)12-7-13-23(21,4)19(16)15-20(24)17-8-6-9-18(14-17)25-5/h6,8-9,14,19,21H,1,7,10-13,15H2,2-5H3/t19-,21-,23-/m0/s1. The second-order valence-corrected chi connectivity index (χ2v) is 9.01. The smallest absolute Gasteiger partial charge is 0.163 e. The largest absolute Gasteiger partial charge is 0.497 e. The Labute approximate surface area is 152 Å². The second kappa shape index (κ2) is 6.63. The molecule has 2 aliphatic rings. The lowest BCUT2D eigenvalue weighted by Crippen LogP contribution is -2.49. The maximum absolute atomic E-state index is 13.0. The van der Waals surface area contributed by atoms with E-state index in [1.807, 2.05) is 24.3 Å². The average Bonchev–Trinajstić information content (AvgIpc) is 2.57. The number of hydrogen-bond donors (Lipinski definition) is 0. The molecule has 0 spiro atoms. The highest BCUT2D eigenvalue weighted by molar-refractivity contribution is 5.96. The van der Waals surface area contributed by atoms with E-state index in [0.717, 1.165) is 17.7 Å². The third kappa shape index (κ3) is 3.28. The van der Waals surface area contributed by atoms with Gasteiger partial charge in [-0.05, 0) is 60.5 Å². The number of hydrogen-bond acceptors (Lipinski definition) is 2. The van der Waals surface area contributed by atoms with Crippen LogP contribution in [0.1, 0.15) is 69.7 Å². The molecule has 2 heteroatoms. The van der Waals surface area contributed by atoms with Gasteiger partial charge in [0, 0.05) is 12.0 Å². The van der Waals surface area contributed by atoms with Crippen LogP contribution in [-0.2, 0) is 0 Å². The Morgan fingerprint density at radius 1 is 1.28 bits per heavy atom. The zero-order chi connectivity index (χ0) is 18.2. The van der Waals surface area contributed by atoms with Crippen molar-refractivity contribution in [2.24, 2.45) is 22.7 Å². The normalized spacial score (nSPS) is 31.3. The lowest BCUT2D eigenvalue weighted by Gasteiger charge is -2.58. The molecule has 0 bridgehead atoms. The maximum atomic E-state index is 13.0. The van der Waals surface area contributed by atoms with Gasteiger partial charge in [0.25, 0.3) is 0 Å². The summed E-state index contributed by atoms with van der Waals surface area (Å²) in [5.41, 5.74) is 2.61. The van der Waals surface area contributed by atoms with Crippen LogP contribution >= 0.6 is 0 Å². The van der Waals surface area contributed by atoms with E-state index in [2.05, 4.69) is 27.4 Å². The summed E-state index contributed by atoms with van der Waals surface area (Å²) >= 11 is 0. The molecule has 25 heavy (non-hydrogen) atoms. The lowest BCUT2D eigenvalue weighted by molar-refractivity contribution is -0.0519. The zero-order valence-corrected chi connectivity index (χ0v) is 16.2. The summed E-state index contributed by atoms with van der Waals surface area (Å²) in [6.07, 6.45) is 6.66. The molecule has 2 nitrogen and oxygen atoms in total. The van der Waals surface area contributed by atoms with Gasteiger partial charge in [0.05, 0.1) is 7.11 Å². The Hall–Kier alpha value is -1.57. The SMILES string of the molecule is C=C1CC[C@H]2C(C)(C)CCC[C@@]2(C)[C@H]1CC(=O)c1cccc(OC)c1. The number of benzene rings is 1. The molecule has 2 fully saturated rings. The minimum absolute atomic E-state index is 0.200. The Bertz CT molecular complexity index is 672. The highest BCUT2D eigenvalue weighted by Crippen LogP contribution is 2.61. The van der Waals surface area contributed by atoms with Gasteiger partial charge in [-0.2, -0.15) is 0 Å². The summed E-state index contributed by atoms with van der Waals surface area (Å²) in [6, 6.07) is 7.55. The van der Waals surface area contributed by atoms with Gasteiger partial charge in [-0.15, -0.1) is 0 Å². The molecular weight excluding hydrogens is 308 g/mol. The fourth-order valence-electron chi connectivity index (χ4n) is 5.75. The molecule has 0 N–H and O–H groups in total. The first-order valence-corrected chi connectivity index (χ1v) is 9.63. The molecule has 0 amide bonds. The van der Waals surface area contributed by atoms with Crippen molar-refractivity contribution in [2.75, 3.05) is 7.11 Å². The molecule has 0 unspecified atom stereocenters. The first kappa shape index (κ1) is 18.2. The molecule has 0 aliphatic heterocycles. The van der Waals surface area contributed by atoms with Gasteiger partial charge in [0.15, 0.2) is 5.78 Å². The van der Waals surface area contributed by atoms with E-state index in [0.29, 0.717) is 23.7 Å². The monoisotopic (exact) mass is 340 g/mol. The number of rotatable bonds is 4. The number of Topliss-reactive ketones (excluding diaryl/α,β-unsaturated/α-hetero) is 1. The minimum Gasteiger partial charge on any atom is -0.497 e. The van der Waals surface area contributed by atoms with Crippen molar-refractivity contribution in [1.29, 1.82) is 0 Å². The van der Waals surface area contributed by atoms with Crippen LogP contribution in [0.5, 0.6) is 5.75 Å². The van der Waals surface area contributed by atoms with Crippen LogP contribution in [0.25, 0.3) is 0 Å². The van der Waals surface area contributed by atoms with Gasteiger partial charge < -0.3 is 4.74 Å². The summed E-state index contributed by atoms with van der Waals surface area (Å²) in [7, 11) is 1.64. The van der Waals surface area contributed by atoms with E-state index in [-0.39, 0.29) is 11.2 Å². The molecule has 0 aromatic heterocycles. The van der Waals surface area contributed by atoms with Crippen molar-refractivity contribution in [3.05, 3.63) is 42.0 Å². The maximum Gasteiger partial charge on any atom is 0.163 e. The van der Waals surface area contributed by atoms with E-state index in [1.54, 1.807) is 7.11 Å². The molecule has 2 saturated carbocycles. The third-order valence-corrected chi connectivity index (χ3v) is 7.10. The molecule has 136 valence electrons. The van der Waals surface area contributed by atoms with Crippen molar-refractivity contribution in [1.82, 2.24) is 0 Å². The first-order valence-electron chi connectivity index (χ1n) is 9.63. The predicted octanol–water partition coefficient (Wildman–Crippen LogP) is 6.07. The summed E-state index contributed by atoms with van der Waals surface area (Å²) in [6.45, 7) is 11.6. The van der Waals surface area contributed by atoms with Crippen LogP contribution in [0.15, 0.2) is 36.4 Å². The van der Waals surface area contributed by atoms with Crippen LogP contribution in [0.4, 0.5) is 0 Å². The van der Waals surface area contributed by atoms with Crippen molar-refractivity contribution in [3.8, 4) is 5.75 Å². The number of methoxy groups -OCH3 is 1. The second-order valence-electron chi connectivity index (χ2n) is 9.01. The molecule has 3 atom stereocenters. The van der Waals surface area contributed by atoms with Gasteiger partial charge in [0.1, 0.15) is 5.75 Å².